The van der Waals surface area contributed by atoms with Gasteiger partial charge in [-0.1, -0.05) is 37.5 Å². The van der Waals surface area contributed by atoms with Crippen LogP contribution < -0.4 is 4.74 Å². The molecule has 0 aliphatic heterocycles. The Kier molecular flexibility index (Phi) is 4.28. The fourth-order valence-corrected chi connectivity index (χ4v) is 3.19. The van der Waals surface area contributed by atoms with Gasteiger partial charge in [-0.05, 0) is 36.8 Å². The lowest BCUT2D eigenvalue weighted by atomic mass is 9.88. The number of rotatable bonds is 4. The van der Waals surface area contributed by atoms with Crippen molar-refractivity contribution < 1.29 is 9.84 Å². The van der Waals surface area contributed by atoms with E-state index in [4.69, 9.17) is 4.74 Å². The average molecular weight is 248 g/mol. The molecule has 0 saturated heterocycles. The van der Waals surface area contributed by atoms with E-state index in [1.165, 1.54) is 18.4 Å². The zero-order chi connectivity index (χ0) is 13.1. The van der Waals surface area contributed by atoms with Crippen molar-refractivity contribution in [3.8, 4) is 5.75 Å². The van der Waals surface area contributed by atoms with Gasteiger partial charge in [0.15, 0.2) is 0 Å². The Balaban J connectivity index is 2.10. The van der Waals surface area contributed by atoms with Crippen LogP contribution in [0.25, 0.3) is 0 Å². The average Bonchev–Trinajstić information content (AvgIpc) is 2.76. The predicted molar refractivity (Wildman–Crippen MR) is 73.9 cm³/mol. The van der Waals surface area contributed by atoms with Gasteiger partial charge in [0, 0.05) is 6.42 Å². The first-order valence-electron chi connectivity index (χ1n) is 6.93. The first kappa shape index (κ1) is 13.4. The zero-order valence-corrected chi connectivity index (χ0v) is 11.6. The molecule has 0 spiro atoms. The van der Waals surface area contributed by atoms with Crippen molar-refractivity contribution in [2.75, 3.05) is 7.11 Å². The molecule has 2 nitrogen and oxygen atoms in total. The first-order valence-corrected chi connectivity index (χ1v) is 6.93. The summed E-state index contributed by atoms with van der Waals surface area (Å²) in [6, 6.07) is 6.17. The Morgan fingerprint density at radius 1 is 1.39 bits per heavy atom. The fourth-order valence-electron chi connectivity index (χ4n) is 3.19. The van der Waals surface area contributed by atoms with Gasteiger partial charge in [0.05, 0.1) is 13.2 Å². The molecule has 1 fully saturated rings. The minimum atomic E-state index is -0.238. The molecule has 1 aromatic rings. The molecular weight excluding hydrogens is 224 g/mol. The van der Waals surface area contributed by atoms with E-state index in [0.29, 0.717) is 18.3 Å². The Morgan fingerprint density at radius 3 is 2.78 bits per heavy atom. The van der Waals surface area contributed by atoms with E-state index in [-0.39, 0.29) is 6.10 Å². The smallest absolute Gasteiger partial charge is 0.122 e. The minimum absolute atomic E-state index is 0.238. The Bertz CT molecular complexity index is 400. The lowest BCUT2D eigenvalue weighted by molar-refractivity contribution is 0.0895. The molecule has 3 unspecified atom stereocenters. The van der Waals surface area contributed by atoms with E-state index < -0.39 is 0 Å². The second kappa shape index (κ2) is 5.75. The molecule has 18 heavy (non-hydrogen) atoms. The third-order valence-corrected chi connectivity index (χ3v) is 4.29. The summed E-state index contributed by atoms with van der Waals surface area (Å²) < 4.78 is 5.38. The Morgan fingerprint density at radius 2 is 2.17 bits per heavy atom. The summed E-state index contributed by atoms with van der Waals surface area (Å²) in [6.45, 7) is 4.34. The molecule has 2 rings (SSSR count). The highest BCUT2D eigenvalue weighted by Crippen LogP contribution is 2.35. The third kappa shape index (κ3) is 2.86. The van der Waals surface area contributed by atoms with Crippen LogP contribution in [0.4, 0.5) is 0 Å². The SMILES string of the molecule is COc1ccc(C)cc1CC(O)C1CCCC1C. The van der Waals surface area contributed by atoms with Gasteiger partial charge < -0.3 is 9.84 Å². The molecule has 100 valence electrons. The van der Waals surface area contributed by atoms with Crippen molar-refractivity contribution in [2.24, 2.45) is 11.8 Å². The summed E-state index contributed by atoms with van der Waals surface area (Å²) in [5.41, 5.74) is 2.35. The Hall–Kier alpha value is -1.02. The standard InChI is InChI=1S/C16H24O2/c1-11-7-8-16(18-3)13(9-11)10-15(17)14-6-4-5-12(14)2/h7-9,12,14-15,17H,4-6,10H2,1-3H3. The van der Waals surface area contributed by atoms with Gasteiger partial charge in [-0.15, -0.1) is 0 Å². The van der Waals surface area contributed by atoms with Crippen LogP contribution in [0.3, 0.4) is 0 Å². The maximum absolute atomic E-state index is 10.4. The van der Waals surface area contributed by atoms with Gasteiger partial charge in [0.2, 0.25) is 0 Å². The van der Waals surface area contributed by atoms with Crippen molar-refractivity contribution in [3.05, 3.63) is 29.3 Å². The predicted octanol–water partition coefficient (Wildman–Crippen LogP) is 3.34. The Labute approximate surface area is 110 Å². The maximum Gasteiger partial charge on any atom is 0.122 e. The molecular formula is C16H24O2. The highest BCUT2D eigenvalue weighted by atomic mass is 16.5. The van der Waals surface area contributed by atoms with Gasteiger partial charge in [-0.25, -0.2) is 0 Å². The van der Waals surface area contributed by atoms with Crippen molar-refractivity contribution in [3.63, 3.8) is 0 Å². The number of aryl methyl sites for hydroxylation is 1. The monoisotopic (exact) mass is 248 g/mol. The van der Waals surface area contributed by atoms with Crippen molar-refractivity contribution in [1.29, 1.82) is 0 Å². The van der Waals surface area contributed by atoms with Crippen LogP contribution in [0.5, 0.6) is 5.75 Å². The molecule has 0 bridgehead atoms. The minimum Gasteiger partial charge on any atom is -0.496 e. The molecule has 3 atom stereocenters. The summed E-state index contributed by atoms with van der Waals surface area (Å²) in [4.78, 5) is 0. The lowest BCUT2D eigenvalue weighted by Gasteiger charge is -2.23. The number of benzene rings is 1. The maximum atomic E-state index is 10.4. The third-order valence-electron chi connectivity index (χ3n) is 4.29. The number of hydrogen-bond acceptors (Lipinski definition) is 2. The van der Waals surface area contributed by atoms with Crippen LogP contribution in [-0.2, 0) is 6.42 Å². The van der Waals surface area contributed by atoms with E-state index in [2.05, 4.69) is 19.9 Å². The van der Waals surface area contributed by atoms with Gasteiger partial charge >= 0.3 is 0 Å². The van der Waals surface area contributed by atoms with E-state index in [1.807, 2.05) is 12.1 Å². The molecule has 1 aromatic carbocycles. The quantitative estimate of drug-likeness (QED) is 0.885. The van der Waals surface area contributed by atoms with Gasteiger partial charge in [-0.3, -0.25) is 0 Å². The zero-order valence-electron chi connectivity index (χ0n) is 11.6. The number of ether oxygens (including phenoxy) is 1. The summed E-state index contributed by atoms with van der Waals surface area (Å²) in [5.74, 6) is 2.00. The van der Waals surface area contributed by atoms with Crippen LogP contribution in [0.1, 0.15) is 37.3 Å². The summed E-state index contributed by atoms with van der Waals surface area (Å²) in [5, 5.41) is 10.4. The molecule has 0 amide bonds. The molecule has 0 aromatic heterocycles. The number of hydrogen-bond donors (Lipinski definition) is 1. The normalized spacial score (nSPS) is 25.1. The van der Waals surface area contributed by atoms with Crippen molar-refractivity contribution in [2.45, 2.75) is 45.6 Å². The van der Waals surface area contributed by atoms with Crippen LogP contribution in [0.2, 0.25) is 0 Å². The fraction of sp³-hybridized carbons (Fsp3) is 0.625. The second-order valence-corrected chi connectivity index (χ2v) is 5.66. The highest BCUT2D eigenvalue weighted by Gasteiger charge is 2.30. The van der Waals surface area contributed by atoms with E-state index in [0.717, 1.165) is 17.7 Å². The summed E-state index contributed by atoms with van der Waals surface area (Å²) in [6.07, 6.45) is 4.15. The van der Waals surface area contributed by atoms with E-state index in [9.17, 15) is 5.11 Å². The molecule has 0 radical (unpaired) electrons. The molecule has 1 N–H and O–H groups in total. The van der Waals surface area contributed by atoms with Crippen molar-refractivity contribution in [1.82, 2.24) is 0 Å². The summed E-state index contributed by atoms with van der Waals surface area (Å²) >= 11 is 0. The molecule has 0 heterocycles. The van der Waals surface area contributed by atoms with Crippen LogP contribution in [-0.4, -0.2) is 18.3 Å². The molecule has 1 aliphatic rings. The number of aliphatic hydroxyl groups excluding tert-OH is 1. The summed E-state index contributed by atoms with van der Waals surface area (Å²) in [7, 11) is 1.69. The molecule has 1 aliphatic carbocycles. The van der Waals surface area contributed by atoms with Crippen molar-refractivity contribution >= 4 is 0 Å². The van der Waals surface area contributed by atoms with Gasteiger partial charge in [-0.2, -0.15) is 0 Å². The van der Waals surface area contributed by atoms with Crippen LogP contribution in [0.15, 0.2) is 18.2 Å². The van der Waals surface area contributed by atoms with Gasteiger partial charge in [0.25, 0.3) is 0 Å². The first-order chi connectivity index (χ1) is 8.61. The highest BCUT2D eigenvalue weighted by molar-refractivity contribution is 5.37. The largest absolute Gasteiger partial charge is 0.496 e. The lowest BCUT2D eigenvalue weighted by Crippen LogP contribution is -2.25. The van der Waals surface area contributed by atoms with E-state index in [1.54, 1.807) is 7.11 Å². The van der Waals surface area contributed by atoms with Crippen LogP contribution >= 0.6 is 0 Å². The molecule has 2 heteroatoms. The van der Waals surface area contributed by atoms with Gasteiger partial charge in [0.1, 0.15) is 5.75 Å². The van der Waals surface area contributed by atoms with Crippen LogP contribution in [0, 0.1) is 18.8 Å². The molecule has 1 saturated carbocycles. The second-order valence-electron chi connectivity index (χ2n) is 5.66. The number of aliphatic hydroxyl groups is 1. The number of methoxy groups -OCH3 is 1. The van der Waals surface area contributed by atoms with E-state index >= 15 is 0 Å². The topological polar surface area (TPSA) is 29.5 Å².